The number of methoxy groups -OCH3 is 1. The van der Waals surface area contributed by atoms with Crippen LogP contribution in [0.1, 0.15) is 25.7 Å². The fourth-order valence-electron chi connectivity index (χ4n) is 4.84. The summed E-state index contributed by atoms with van der Waals surface area (Å²) in [5.74, 6) is 0.532. The van der Waals surface area contributed by atoms with Crippen molar-refractivity contribution in [1.29, 1.82) is 0 Å². The monoisotopic (exact) mass is 482 g/mol. The van der Waals surface area contributed by atoms with Crippen molar-refractivity contribution in [2.45, 2.75) is 32.2 Å². The molecular formula is C25H31ClN6O2. The van der Waals surface area contributed by atoms with Crippen LogP contribution in [0.15, 0.2) is 42.9 Å². The van der Waals surface area contributed by atoms with Crippen LogP contribution in [0.2, 0.25) is 5.02 Å². The van der Waals surface area contributed by atoms with Gasteiger partial charge in [0.25, 0.3) is 0 Å². The number of piperidine rings is 1. The zero-order valence-electron chi connectivity index (χ0n) is 19.6. The van der Waals surface area contributed by atoms with E-state index < -0.39 is 0 Å². The third-order valence-electron chi connectivity index (χ3n) is 6.93. The van der Waals surface area contributed by atoms with Gasteiger partial charge in [0.15, 0.2) is 0 Å². The maximum absolute atomic E-state index is 6.67. The molecule has 0 unspecified atom stereocenters. The van der Waals surface area contributed by atoms with Crippen LogP contribution in [0.3, 0.4) is 0 Å². The lowest BCUT2D eigenvalue weighted by atomic mass is 9.78. The largest absolute Gasteiger partial charge is 0.381 e. The van der Waals surface area contributed by atoms with E-state index in [0.29, 0.717) is 18.0 Å². The number of aromatic nitrogens is 4. The fraction of sp³-hybridized carbons (Fsp3) is 0.480. The zero-order chi connectivity index (χ0) is 23.5. The molecule has 8 nitrogen and oxygen atoms in total. The molecule has 0 atom stereocenters. The number of anilines is 3. The smallest absolute Gasteiger partial charge is 0.227 e. The lowest BCUT2D eigenvalue weighted by molar-refractivity contribution is 0.134. The summed E-state index contributed by atoms with van der Waals surface area (Å²) < 4.78 is 12.7. The zero-order valence-corrected chi connectivity index (χ0v) is 20.4. The number of halogens is 1. The molecule has 4 heterocycles. The number of nitrogens with zero attached hydrogens (tertiary/aromatic N) is 5. The summed E-state index contributed by atoms with van der Waals surface area (Å²) in [7, 11) is 1.68. The van der Waals surface area contributed by atoms with Gasteiger partial charge >= 0.3 is 0 Å². The Kier molecular flexibility index (Phi) is 6.72. The first-order chi connectivity index (χ1) is 16.5. The van der Waals surface area contributed by atoms with Crippen molar-refractivity contribution in [2.24, 2.45) is 5.41 Å². The van der Waals surface area contributed by atoms with E-state index in [2.05, 4.69) is 32.9 Å². The van der Waals surface area contributed by atoms with Crippen molar-refractivity contribution in [2.75, 3.05) is 50.2 Å². The van der Waals surface area contributed by atoms with Crippen LogP contribution in [0.5, 0.6) is 0 Å². The van der Waals surface area contributed by atoms with Crippen LogP contribution in [-0.4, -0.2) is 59.8 Å². The second-order valence-electron chi connectivity index (χ2n) is 9.40. The Morgan fingerprint density at radius 2 is 2.12 bits per heavy atom. The average Bonchev–Trinajstić information content (AvgIpc) is 3.48. The molecule has 0 radical (unpaired) electrons. The molecule has 1 spiro atoms. The maximum Gasteiger partial charge on any atom is 0.227 e. The summed E-state index contributed by atoms with van der Waals surface area (Å²) in [6, 6.07) is 4.04. The fourth-order valence-corrected chi connectivity index (χ4v) is 5.13. The van der Waals surface area contributed by atoms with Crippen molar-refractivity contribution >= 4 is 39.8 Å². The Hall–Kier alpha value is -2.68. The minimum atomic E-state index is 0.362. The molecule has 0 saturated carbocycles. The molecule has 2 aromatic heterocycles. The maximum atomic E-state index is 6.67. The number of fused-ring (bicyclic) bond motifs is 1. The SMILES string of the molecule is C=C(CCn1cc(Nc2ncc3cc(Cl)c(N4CCC5(CCOC5)CC4)cc3n2)cn1)COC. The molecular weight excluding hydrogens is 452 g/mol. The number of hydrogen-bond donors (Lipinski definition) is 1. The molecule has 3 aromatic rings. The highest BCUT2D eigenvalue weighted by Crippen LogP contribution is 2.41. The van der Waals surface area contributed by atoms with Crippen molar-refractivity contribution in [3.63, 3.8) is 0 Å². The van der Waals surface area contributed by atoms with Gasteiger partial charge in [-0.1, -0.05) is 23.8 Å². The van der Waals surface area contributed by atoms with Crippen LogP contribution in [0.4, 0.5) is 17.3 Å². The second kappa shape index (κ2) is 9.90. The van der Waals surface area contributed by atoms with Crippen LogP contribution >= 0.6 is 11.6 Å². The van der Waals surface area contributed by atoms with Crippen LogP contribution in [0, 0.1) is 5.41 Å². The molecule has 9 heteroatoms. The van der Waals surface area contributed by atoms with Gasteiger partial charge in [-0.3, -0.25) is 4.68 Å². The van der Waals surface area contributed by atoms with E-state index in [0.717, 1.165) is 85.0 Å². The number of ether oxygens (including phenoxy) is 2. The van der Waals surface area contributed by atoms with Crippen molar-refractivity contribution in [3.05, 3.63) is 47.9 Å². The second-order valence-corrected chi connectivity index (χ2v) is 9.80. The Morgan fingerprint density at radius 3 is 2.88 bits per heavy atom. The molecule has 2 fully saturated rings. The quantitative estimate of drug-likeness (QED) is 0.461. The third kappa shape index (κ3) is 5.04. The highest BCUT2D eigenvalue weighted by molar-refractivity contribution is 6.34. The Labute approximate surface area is 204 Å². The average molecular weight is 483 g/mol. The van der Waals surface area contributed by atoms with Crippen molar-refractivity contribution in [3.8, 4) is 0 Å². The molecule has 5 rings (SSSR count). The van der Waals surface area contributed by atoms with E-state index in [4.69, 9.17) is 26.1 Å². The number of benzene rings is 1. The molecule has 0 amide bonds. The Balaban J connectivity index is 1.28. The first-order valence-corrected chi connectivity index (χ1v) is 12.2. The Morgan fingerprint density at radius 1 is 1.26 bits per heavy atom. The molecule has 1 N–H and O–H groups in total. The third-order valence-corrected chi connectivity index (χ3v) is 7.23. The first kappa shape index (κ1) is 23.1. The number of aryl methyl sites for hydroxylation is 1. The lowest BCUT2D eigenvalue weighted by Gasteiger charge is -2.39. The number of nitrogens with one attached hydrogen (secondary N) is 1. The van der Waals surface area contributed by atoms with Crippen molar-refractivity contribution in [1.82, 2.24) is 19.7 Å². The normalized spacial score (nSPS) is 17.5. The van der Waals surface area contributed by atoms with E-state index in [1.165, 1.54) is 6.42 Å². The molecule has 34 heavy (non-hydrogen) atoms. The minimum absolute atomic E-state index is 0.362. The topological polar surface area (TPSA) is 77.3 Å². The summed E-state index contributed by atoms with van der Waals surface area (Å²) in [6.07, 6.45) is 9.79. The predicted molar refractivity (Wildman–Crippen MR) is 135 cm³/mol. The summed E-state index contributed by atoms with van der Waals surface area (Å²) in [6.45, 7) is 9.08. The highest BCUT2D eigenvalue weighted by atomic mass is 35.5. The van der Waals surface area contributed by atoms with Crippen molar-refractivity contribution < 1.29 is 9.47 Å². The van der Waals surface area contributed by atoms with Crippen LogP contribution < -0.4 is 10.2 Å². The summed E-state index contributed by atoms with van der Waals surface area (Å²) >= 11 is 6.67. The molecule has 1 aromatic carbocycles. The number of hydrogen-bond acceptors (Lipinski definition) is 7. The highest BCUT2D eigenvalue weighted by Gasteiger charge is 2.38. The predicted octanol–water partition coefficient (Wildman–Crippen LogP) is 4.82. The van der Waals surface area contributed by atoms with E-state index >= 15 is 0 Å². The Bertz CT molecular complexity index is 1160. The lowest BCUT2D eigenvalue weighted by Crippen LogP contribution is -2.40. The van der Waals surface area contributed by atoms with Gasteiger partial charge in [-0.15, -0.1) is 0 Å². The molecule has 2 saturated heterocycles. The molecule has 2 aliphatic heterocycles. The van der Waals surface area contributed by atoms with E-state index in [1.54, 1.807) is 19.5 Å². The number of rotatable bonds is 8. The minimum Gasteiger partial charge on any atom is -0.381 e. The van der Waals surface area contributed by atoms with Gasteiger partial charge in [-0.2, -0.15) is 5.10 Å². The van der Waals surface area contributed by atoms with Crippen LogP contribution in [-0.2, 0) is 16.0 Å². The summed E-state index contributed by atoms with van der Waals surface area (Å²) in [5, 5.41) is 9.33. The van der Waals surface area contributed by atoms with Gasteiger partial charge in [-0.05, 0) is 43.2 Å². The van der Waals surface area contributed by atoms with Gasteiger partial charge in [0, 0.05) is 51.1 Å². The standard InChI is InChI=1S/C25H31ClN6O2/c1-18(16-33-2)3-7-32-15-20(14-28-32)29-24-27-13-19-11-21(26)23(12-22(19)30-24)31-8-4-25(5-9-31)6-10-34-17-25/h11-15H,1,3-10,16-17H2,2H3,(H,27,29,30). The van der Waals surface area contributed by atoms with Gasteiger partial charge in [0.1, 0.15) is 0 Å². The van der Waals surface area contributed by atoms with Gasteiger partial charge in [-0.25, -0.2) is 9.97 Å². The molecule has 0 aliphatic carbocycles. The molecule has 2 aliphatic rings. The van der Waals surface area contributed by atoms with E-state index in [1.807, 2.05) is 16.9 Å². The summed E-state index contributed by atoms with van der Waals surface area (Å²) in [4.78, 5) is 11.6. The van der Waals surface area contributed by atoms with Crippen LogP contribution in [0.25, 0.3) is 10.9 Å². The molecule has 180 valence electrons. The first-order valence-electron chi connectivity index (χ1n) is 11.8. The van der Waals surface area contributed by atoms with E-state index in [9.17, 15) is 0 Å². The van der Waals surface area contributed by atoms with Gasteiger partial charge < -0.3 is 19.7 Å². The van der Waals surface area contributed by atoms with Gasteiger partial charge in [0.2, 0.25) is 5.95 Å². The summed E-state index contributed by atoms with van der Waals surface area (Å²) in [5.41, 5.74) is 4.15. The van der Waals surface area contributed by atoms with Gasteiger partial charge in [0.05, 0.1) is 41.3 Å². The van der Waals surface area contributed by atoms with E-state index in [-0.39, 0.29) is 0 Å². The molecule has 0 bridgehead atoms.